The summed E-state index contributed by atoms with van der Waals surface area (Å²) in [5.74, 6) is -0.847. The number of carbonyl (C=O) groups is 1. The Hall–Kier alpha value is -0.640. The molecule has 2 N–H and O–H groups in total. The second-order valence-electron chi connectivity index (χ2n) is 3.23. The largest absolute Gasteiger partial charge is 0.367 e. The fourth-order valence-electron chi connectivity index (χ4n) is 1.46. The van der Waals surface area contributed by atoms with E-state index < -0.39 is 12.1 Å². The summed E-state index contributed by atoms with van der Waals surface area (Å²) in [6.45, 7) is 1.97. The topological polar surface area (TPSA) is 46.3 Å². The molecule has 0 saturated carbocycles. The van der Waals surface area contributed by atoms with Gasteiger partial charge in [-0.2, -0.15) is 0 Å². The lowest BCUT2D eigenvalue weighted by molar-refractivity contribution is -0.123. The van der Waals surface area contributed by atoms with Crippen molar-refractivity contribution in [3.8, 4) is 0 Å². The molecule has 1 atom stereocenters. The van der Waals surface area contributed by atoms with E-state index in [-0.39, 0.29) is 6.54 Å². The van der Waals surface area contributed by atoms with Crippen LogP contribution in [0.5, 0.6) is 0 Å². The maximum atomic E-state index is 12.8. The number of nitrogens with zero attached hydrogens (tertiary/aromatic N) is 1. The van der Waals surface area contributed by atoms with Crippen LogP contribution in [0.4, 0.5) is 4.39 Å². The van der Waals surface area contributed by atoms with E-state index in [0.29, 0.717) is 0 Å². The summed E-state index contributed by atoms with van der Waals surface area (Å²) in [6, 6.07) is 0. The molecule has 0 aromatic rings. The maximum absolute atomic E-state index is 12.8. The van der Waals surface area contributed by atoms with Crippen LogP contribution in [-0.4, -0.2) is 36.6 Å². The number of rotatable bonds is 3. The van der Waals surface area contributed by atoms with E-state index in [4.69, 9.17) is 5.73 Å². The van der Waals surface area contributed by atoms with Crippen LogP contribution in [0.15, 0.2) is 0 Å². The number of amides is 1. The first kappa shape index (κ1) is 9.45. The number of hydrogen-bond acceptors (Lipinski definition) is 2. The predicted octanol–water partition coefficient (Wildman–Crippen LogP) is 0.296. The van der Waals surface area contributed by atoms with Gasteiger partial charge >= 0.3 is 0 Å². The first-order valence-corrected chi connectivity index (χ1v) is 4.36. The van der Waals surface area contributed by atoms with Crippen LogP contribution in [-0.2, 0) is 4.79 Å². The smallest absolute Gasteiger partial charge is 0.253 e. The van der Waals surface area contributed by atoms with Crippen LogP contribution < -0.4 is 5.73 Å². The van der Waals surface area contributed by atoms with Gasteiger partial charge in [0.2, 0.25) is 0 Å². The van der Waals surface area contributed by atoms with Gasteiger partial charge in [0.05, 0.1) is 0 Å². The second-order valence-corrected chi connectivity index (χ2v) is 3.23. The highest BCUT2D eigenvalue weighted by Gasteiger charge is 2.19. The fourth-order valence-corrected chi connectivity index (χ4v) is 1.46. The Kier molecular flexibility index (Phi) is 3.47. The number of primary amides is 1. The third kappa shape index (κ3) is 2.77. The van der Waals surface area contributed by atoms with Gasteiger partial charge in [-0.25, -0.2) is 4.39 Å². The fraction of sp³-hybridized carbons (Fsp3) is 0.875. The van der Waals surface area contributed by atoms with Crippen molar-refractivity contribution >= 4 is 5.91 Å². The lowest BCUT2D eigenvalue weighted by atomic mass is 10.1. The van der Waals surface area contributed by atoms with Crippen molar-refractivity contribution in [1.29, 1.82) is 0 Å². The molecule has 1 saturated heterocycles. The molecule has 1 unspecified atom stereocenters. The summed E-state index contributed by atoms with van der Waals surface area (Å²) < 4.78 is 12.8. The minimum absolute atomic E-state index is 0.176. The normalized spacial score (nSPS) is 22.1. The molecule has 70 valence electrons. The Morgan fingerprint density at radius 3 is 2.50 bits per heavy atom. The van der Waals surface area contributed by atoms with Crippen LogP contribution in [0.2, 0.25) is 0 Å². The first-order valence-electron chi connectivity index (χ1n) is 4.36. The van der Waals surface area contributed by atoms with Gasteiger partial charge in [0, 0.05) is 6.54 Å². The Morgan fingerprint density at radius 2 is 2.00 bits per heavy atom. The highest BCUT2D eigenvalue weighted by atomic mass is 19.1. The van der Waals surface area contributed by atoms with E-state index in [9.17, 15) is 9.18 Å². The number of carbonyl (C=O) groups excluding carboxylic acids is 1. The van der Waals surface area contributed by atoms with Crippen molar-refractivity contribution in [2.24, 2.45) is 5.73 Å². The average Bonchev–Trinajstić information content (AvgIpc) is 2.06. The molecule has 1 fully saturated rings. The molecule has 1 aliphatic rings. The molecule has 0 bridgehead atoms. The quantitative estimate of drug-likeness (QED) is 0.668. The van der Waals surface area contributed by atoms with E-state index in [1.54, 1.807) is 0 Å². The summed E-state index contributed by atoms with van der Waals surface area (Å²) in [7, 11) is 0. The minimum atomic E-state index is -1.50. The molecule has 12 heavy (non-hydrogen) atoms. The Labute approximate surface area is 71.7 Å². The van der Waals surface area contributed by atoms with Crippen LogP contribution in [0.3, 0.4) is 0 Å². The van der Waals surface area contributed by atoms with Gasteiger partial charge < -0.3 is 5.73 Å². The zero-order valence-electron chi connectivity index (χ0n) is 7.13. The SMILES string of the molecule is NC(=O)C(F)CN1CCCCC1. The van der Waals surface area contributed by atoms with Crippen LogP contribution in [0, 0.1) is 0 Å². The summed E-state index contributed by atoms with van der Waals surface area (Å²) in [5.41, 5.74) is 4.81. The lowest BCUT2D eigenvalue weighted by Crippen LogP contribution is -2.40. The van der Waals surface area contributed by atoms with Crippen molar-refractivity contribution in [3.63, 3.8) is 0 Å². The van der Waals surface area contributed by atoms with E-state index in [1.807, 2.05) is 4.90 Å². The third-order valence-electron chi connectivity index (χ3n) is 2.18. The van der Waals surface area contributed by atoms with Gasteiger partial charge in [-0.1, -0.05) is 6.42 Å². The van der Waals surface area contributed by atoms with Gasteiger partial charge in [0.15, 0.2) is 6.17 Å². The number of hydrogen-bond donors (Lipinski definition) is 1. The molecule has 0 aliphatic carbocycles. The Morgan fingerprint density at radius 1 is 1.42 bits per heavy atom. The predicted molar refractivity (Wildman–Crippen MR) is 44.4 cm³/mol. The molecule has 3 nitrogen and oxygen atoms in total. The average molecular weight is 174 g/mol. The number of halogens is 1. The molecule has 1 aliphatic heterocycles. The molecule has 0 aromatic carbocycles. The minimum Gasteiger partial charge on any atom is -0.367 e. The van der Waals surface area contributed by atoms with Crippen molar-refractivity contribution in [3.05, 3.63) is 0 Å². The molecule has 1 heterocycles. The van der Waals surface area contributed by atoms with Gasteiger partial charge in [0.25, 0.3) is 5.91 Å². The Bertz CT molecular complexity index is 157. The van der Waals surface area contributed by atoms with E-state index in [0.717, 1.165) is 25.9 Å². The summed E-state index contributed by atoms with van der Waals surface area (Å²) in [5, 5.41) is 0. The van der Waals surface area contributed by atoms with Gasteiger partial charge in [0.1, 0.15) is 0 Å². The number of alkyl halides is 1. The summed E-state index contributed by atoms with van der Waals surface area (Å²) in [4.78, 5) is 12.4. The van der Waals surface area contributed by atoms with Gasteiger partial charge in [-0.3, -0.25) is 9.69 Å². The zero-order chi connectivity index (χ0) is 8.97. The molecule has 0 spiro atoms. The van der Waals surface area contributed by atoms with E-state index in [2.05, 4.69) is 0 Å². The molecule has 1 amide bonds. The van der Waals surface area contributed by atoms with E-state index >= 15 is 0 Å². The molecular formula is C8H15FN2O. The van der Waals surface area contributed by atoms with Gasteiger partial charge in [-0.15, -0.1) is 0 Å². The van der Waals surface area contributed by atoms with Crippen LogP contribution in [0.1, 0.15) is 19.3 Å². The highest BCUT2D eigenvalue weighted by Crippen LogP contribution is 2.09. The molecule has 0 radical (unpaired) electrons. The third-order valence-corrected chi connectivity index (χ3v) is 2.18. The Balaban J connectivity index is 2.24. The molecule has 0 aromatic heterocycles. The van der Waals surface area contributed by atoms with Crippen LogP contribution >= 0.6 is 0 Å². The maximum Gasteiger partial charge on any atom is 0.253 e. The highest BCUT2D eigenvalue weighted by molar-refractivity contribution is 5.78. The molecular weight excluding hydrogens is 159 g/mol. The molecule has 1 rings (SSSR count). The van der Waals surface area contributed by atoms with Crippen molar-refractivity contribution in [2.75, 3.05) is 19.6 Å². The van der Waals surface area contributed by atoms with Crippen molar-refractivity contribution in [1.82, 2.24) is 4.90 Å². The molecule has 4 heteroatoms. The van der Waals surface area contributed by atoms with E-state index in [1.165, 1.54) is 6.42 Å². The number of piperidine rings is 1. The number of nitrogens with two attached hydrogens (primary N) is 1. The second kappa shape index (κ2) is 4.40. The first-order chi connectivity index (χ1) is 5.70. The van der Waals surface area contributed by atoms with Gasteiger partial charge in [-0.05, 0) is 25.9 Å². The monoisotopic (exact) mass is 174 g/mol. The number of likely N-dealkylation sites (tertiary alicyclic amines) is 1. The lowest BCUT2D eigenvalue weighted by Gasteiger charge is -2.26. The zero-order valence-corrected chi connectivity index (χ0v) is 7.13. The summed E-state index contributed by atoms with van der Waals surface area (Å²) >= 11 is 0. The summed E-state index contributed by atoms with van der Waals surface area (Å²) in [6.07, 6.45) is 1.92. The van der Waals surface area contributed by atoms with Crippen LogP contribution in [0.25, 0.3) is 0 Å². The van der Waals surface area contributed by atoms with Crippen molar-refractivity contribution in [2.45, 2.75) is 25.4 Å². The standard InChI is InChI=1S/C8H15FN2O/c9-7(8(10)12)6-11-4-2-1-3-5-11/h7H,1-6H2,(H2,10,12). The van der Waals surface area contributed by atoms with Crippen molar-refractivity contribution < 1.29 is 9.18 Å².